The predicted molar refractivity (Wildman–Crippen MR) is 67.1 cm³/mol. The van der Waals surface area contributed by atoms with Crippen molar-refractivity contribution >= 4 is 0 Å². The highest BCUT2D eigenvalue weighted by atomic mass is 15.0. The van der Waals surface area contributed by atoms with E-state index in [1.165, 1.54) is 45.3 Å². The Labute approximate surface area is 95.2 Å². The topological polar surface area (TPSA) is 24.1 Å². The van der Waals surface area contributed by atoms with Crippen molar-refractivity contribution in [2.24, 2.45) is 11.8 Å². The van der Waals surface area contributed by atoms with Gasteiger partial charge in [-0.15, -0.1) is 0 Å². The third-order valence-electron chi connectivity index (χ3n) is 3.65. The van der Waals surface area contributed by atoms with Crippen molar-refractivity contribution in [1.82, 2.24) is 10.6 Å². The van der Waals surface area contributed by atoms with Crippen LogP contribution >= 0.6 is 0 Å². The Morgan fingerprint density at radius 1 is 1.33 bits per heavy atom. The molecule has 0 amide bonds. The molecule has 0 spiro atoms. The fraction of sp³-hybridized carbons (Fsp3) is 1.00. The summed E-state index contributed by atoms with van der Waals surface area (Å²) in [7, 11) is 0. The molecule has 0 aliphatic carbocycles. The Morgan fingerprint density at radius 3 is 2.73 bits per heavy atom. The lowest BCUT2D eigenvalue weighted by molar-refractivity contribution is 0.383. The Hall–Kier alpha value is -0.0800. The van der Waals surface area contributed by atoms with Crippen LogP contribution in [0.3, 0.4) is 0 Å². The first-order valence-corrected chi connectivity index (χ1v) is 6.68. The molecule has 2 heteroatoms. The van der Waals surface area contributed by atoms with Crippen molar-refractivity contribution < 1.29 is 0 Å². The molecule has 15 heavy (non-hydrogen) atoms. The van der Waals surface area contributed by atoms with Gasteiger partial charge < -0.3 is 10.6 Å². The van der Waals surface area contributed by atoms with Gasteiger partial charge in [-0.1, -0.05) is 33.1 Å². The first kappa shape index (κ1) is 13.0. The summed E-state index contributed by atoms with van der Waals surface area (Å²) in [5.41, 5.74) is 0. The highest BCUT2D eigenvalue weighted by Gasteiger charge is 2.22. The number of rotatable bonds is 7. The van der Waals surface area contributed by atoms with Crippen LogP contribution in [0, 0.1) is 11.8 Å². The fourth-order valence-corrected chi connectivity index (χ4v) is 2.29. The van der Waals surface area contributed by atoms with E-state index in [1.54, 1.807) is 0 Å². The number of nitrogens with one attached hydrogen (secondary N) is 2. The maximum absolute atomic E-state index is 3.67. The summed E-state index contributed by atoms with van der Waals surface area (Å²) in [6.45, 7) is 10.6. The monoisotopic (exact) mass is 212 g/mol. The summed E-state index contributed by atoms with van der Waals surface area (Å²) >= 11 is 0. The summed E-state index contributed by atoms with van der Waals surface area (Å²) in [4.78, 5) is 0. The molecule has 1 rings (SSSR count). The molecule has 0 aromatic heterocycles. The van der Waals surface area contributed by atoms with Crippen LogP contribution in [-0.2, 0) is 0 Å². The number of unbranched alkanes of at least 4 members (excludes halogenated alkanes) is 2. The summed E-state index contributed by atoms with van der Waals surface area (Å²) in [6.07, 6.45) is 5.43. The molecule has 1 aliphatic rings. The van der Waals surface area contributed by atoms with E-state index in [4.69, 9.17) is 0 Å². The molecular weight excluding hydrogens is 184 g/mol. The molecule has 0 saturated carbocycles. The van der Waals surface area contributed by atoms with Crippen LogP contribution in [0.1, 0.15) is 46.5 Å². The van der Waals surface area contributed by atoms with E-state index < -0.39 is 0 Å². The zero-order valence-electron chi connectivity index (χ0n) is 10.7. The summed E-state index contributed by atoms with van der Waals surface area (Å²) in [5, 5.41) is 7.13. The summed E-state index contributed by atoms with van der Waals surface area (Å²) in [6, 6.07) is 0.698. The van der Waals surface area contributed by atoms with Gasteiger partial charge in [0.2, 0.25) is 0 Å². The average Bonchev–Trinajstić information content (AvgIpc) is 2.61. The van der Waals surface area contributed by atoms with Crippen molar-refractivity contribution in [3.8, 4) is 0 Å². The lowest BCUT2D eigenvalue weighted by Crippen LogP contribution is -2.33. The van der Waals surface area contributed by atoms with Gasteiger partial charge in [0.25, 0.3) is 0 Å². The molecule has 1 saturated heterocycles. The third-order valence-corrected chi connectivity index (χ3v) is 3.65. The van der Waals surface area contributed by atoms with Gasteiger partial charge in [0.15, 0.2) is 0 Å². The molecule has 0 bridgehead atoms. The Bertz CT molecular complexity index is 159. The van der Waals surface area contributed by atoms with Gasteiger partial charge in [-0.25, -0.2) is 0 Å². The zero-order valence-corrected chi connectivity index (χ0v) is 10.7. The van der Waals surface area contributed by atoms with Gasteiger partial charge in [0.05, 0.1) is 0 Å². The minimum Gasteiger partial charge on any atom is -0.316 e. The van der Waals surface area contributed by atoms with E-state index in [-0.39, 0.29) is 0 Å². The standard InChI is InChI=1S/C13H28N2/c1-4-5-6-7-12(3)15-10-13-9-14-8-11(13)2/h11-15H,4-10H2,1-3H3. The van der Waals surface area contributed by atoms with E-state index >= 15 is 0 Å². The molecule has 0 radical (unpaired) electrons. The molecule has 0 aromatic rings. The first-order chi connectivity index (χ1) is 7.24. The summed E-state index contributed by atoms with van der Waals surface area (Å²) in [5.74, 6) is 1.69. The second-order valence-electron chi connectivity index (χ2n) is 5.20. The maximum Gasteiger partial charge on any atom is 0.00388 e. The Kier molecular flexibility index (Phi) is 6.26. The molecule has 2 nitrogen and oxygen atoms in total. The van der Waals surface area contributed by atoms with E-state index in [2.05, 4.69) is 31.4 Å². The lowest BCUT2D eigenvalue weighted by Gasteiger charge is -2.19. The van der Waals surface area contributed by atoms with Crippen molar-refractivity contribution in [1.29, 1.82) is 0 Å². The minimum absolute atomic E-state index is 0.698. The van der Waals surface area contributed by atoms with E-state index in [0.29, 0.717) is 6.04 Å². The van der Waals surface area contributed by atoms with Gasteiger partial charge in [0, 0.05) is 6.04 Å². The molecule has 0 aromatic carbocycles. The van der Waals surface area contributed by atoms with Gasteiger partial charge >= 0.3 is 0 Å². The molecule has 90 valence electrons. The normalized spacial score (nSPS) is 28.2. The second kappa shape index (κ2) is 7.24. The van der Waals surface area contributed by atoms with Crippen LogP contribution in [0.25, 0.3) is 0 Å². The molecule has 1 fully saturated rings. The quantitative estimate of drug-likeness (QED) is 0.633. The second-order valence-corrected chi connectivity index (χ2v) is 5.20. The van der Waals surface area contributed by atoms with Crippen LogP contribution in [0.4, 0.5) is 0 Å². The zero-order chi connectivity index (χ0) is 11.1. The highest BCUT2D eigenvalue weighted by molar-refractivity contribution is 4.80. The van der Waals surface area contributed by atoms with Gasteiger partial charge in [-0.2, -0.15) is 0 Å². The Balaban J connectivity index is 2.03. The van der Waals surface area contributed by atoms with Crippen molar-refractivity contribution in [3.05, 3.63) is 0 Å². The van der Waals surface area contributed by atoms with Crippen LogP contribution < -0.4 is 10.6 Å². The number of hydrogen-bond acceptors (Lipinski definition) is 2. The van der Waals surface area contributed by atoms with Crippen LogP contribution in [0.15, 0.2) is 0 Å². The number of hydrogen-bond donors (Lipinski definition) is 2. The SMILES string of the molecule is CCCCCC(C)NCC1CNCC1C. The van der Waals surface area contributed by atoms with Crippen molar-refractivity contribution in [3.63, 3.8) is 0 Å². The summed E-state index contributed by atoms with van der Waals surface area (Å²) < 4.78 is 0. The van der Waals surface area contributed by atoms with Crippen LogP contribution in [0.2, 0.25) is 0 Å². The van der Waals surface area contributed by atoms with Gasteiger partial charge in [-0.05, 0) is 44.8 Å². The van der Waals surface area contributed by atoms with Crippen molar-refractivity contribution in [2.75, 3.05) is 19.6 Å². The van der Waals surface area contributed by atoms with Gasteiger partial charge in [0.1, 0.15) is 0 Å². The van der Waals surface area contributed by atoms with Gasteiger partial charge in [-0.3, -0.25) is 0 Å². The smallest absolute Gasteiger partial charge is 0.00388 e. The van der Waals surface area contributed by atoms with E-state index in [0.717, 1.165) is 11.8 Å². The first-order valence-electron chi connectivity index (χ1n) is 6.68. The average molecular weight is 212 g/mol. The largest absolute Gasteiger partial charge is 0.316 e. The molecule has 3 atom stereocenters. The predicted octanol–water partition coefficient (Wildman–Crippen LogP) is 2.40. The molecule has 1 aliphatic heterocycles. The van der Waals surface area contributed by atoms with E-state index in [1.807, 2.05) is 0 Å². The van der Waals surface area contributed by atoms with Crippen LogP contribution in [-0.4, -0.2) is 25.7 Å². The molecule has 2 N–H and O–H groups in total. The lowest BCUT2D eigenvalue weighted by atomic mass is 9.97. The molecular formula is C13H28N2. The molecule has 3 unspecified atom stereocenters. The fourth-order valence-electron chi connectivity index (χ4n) is 2.29. The van der Waals surface area contributed by atoms with E-state index in [9.17, 15) is 0 Å². The third kappa shape index (κ3) is 4.98. The Morgan fingerprint density at radius 2 is 2.13 bits per heavy atom. The maximum atomic E-state index is 3.67. The van der Waals surface area contributed by atoms with Crippen molar-refractivity contribution in [2.45, 2.75) is 52.5 Å². The highest BCUT2D eigenvalue weighted by Crippen LogP contribution is 2.15. The minimum atomic E-state index is 0.698. The molecule has 1 heterocycles. The van der Waals surface area contributed by atoms with Crippen LogP contribution in [0.5, 0.6) is 0 Å².